The van der Waals surface area contributed by atoms with Crippen LogP contribution in [0.25, 0.3) is 0 Å². The summed E-state index contributed by atoms with van der Waals surface area (Å²) in [5, 5.41) is 5.93. The van der Waals surface area contributed by atoms with Crippen molar-refractivity contribution in [3.8, 4) is 0 Å². The van der Waals surface area contributed by atoms with Crippen LogP contribution < -0.4 is 10.6 Å². The smallest absolute Gasteiger partial charge is 0.384 e. The second-order valence-electron chi connectivity index (χ2n) is 3.11. The largest absolute Gasteiger partial charge is 0.416 e. The third-order valence-electron chi connectivity index (χ3n) is 1.92. The van der Waals surface area contributed by atoms with E-state index in [1.807, 2.05) is 7.05 Å². The van der Waals surface area contributed by atoms with Crippen molar-refractivity contribution in [2.45, 2.75) is 6.18 Å². The second kappa shape index (κ2) is 5.02. The number of nitrogens with one attached hydrogen (secondary N) is 2. The zero-order chi connectivity index (χ0) is 11.3. The first-order valence-corrected chi connectivity index (χ1v) is 4.60. The van der Waals surface area contributed by atoms with Crippen LogP contribution in [-0.2, 0) is 6.18 Å². The molecule has 84 valence electrons. The topological polar surface area (TPSA) is 24.1 Å². The van der Waals surface area contributed by atoms with Crippen molar-refractivity contribution < 1.29 is 13.2 Å². The van der Waals surface area contributed by atoms with Gasteiger partial charge in [0.2, 0.25) is 0 Å². The van der Waals surface area contributed by atoms with Crippen molar-refractivity contribution in [1.29, 1.82) is 0 Å². The van der Waals surface area contributed by atoms with E-state index in [4.69, 9.17) is 0 Å². The van der Waals surface area contributed by atoms with Crippen LogP contribution in [0.15, 0.2) is 24.3 Å². The summed E-state index contributed by atoms with van der Waals surface area (Å²) in [6.07, 6.45) is -4.26. The monoisotopic (exact) mass is 218 g/mol. The Kier molecular flexibility index (Phi) is 3.96. The molecule has 1 aromatic rings. The molecule has 2 N–H and O–H groups in total. The van der Waals surface area contributed by atoms with Crippen LogP contribution in [0.4, 0.5) is 18.9 Å². The number of halogens is 3. The Hall–Kier alpha value is -1.23. The molecule has 0 saturated carbocycles. The van der Waals surface area contributed by atoms with E-state index >= 15 is 0 Å². The van der Waals surface area contributed by atoms with Crippen molar-refractivity contribution in [2.75, 3.05) is 25.5 Å². The van der Waals surface area contributed by atoms with Crippen molar-refractivity contribution in [3.05, 3.63) is 29.8 Å². The number of hydrogen-bond donors (Lipinski definition) is 2. The Morgan fingerprint density at radius 2 is 1.67 bits per heavy atom. The Labute approximate surface area is 86.5 Å². The Balaban J connectivity index is 2.57. The molecule has 1 aromatic carbocycles. The molecule has 0 aromatic heterocycles. The molecule has 0 unspecified atom stereocenters. The summed E-state index contributed by atoms with van der Waals surface area (Å²) in [6.45, 7) is 1.45. The van der Waals surface area contributed by atoms with Gasteiger partial charge in [-0.25, -0.2) is 0 Å². The minimum absolute atomic E-state index is 0.623. The SMILES string of the molecule is CNCCNc1ccc(C(F)(F)F)cc1. The van der Waals surface area contributed by atoms with Crippen LogP contribution in [0.1, 0.15) is 5.56 Å². The minimum atomic E-state index is -4.26. The molecule has 1 rings (SSSR count). The molecule has 0 amide bonds. The van der Waals surface area contributed by atoms with Gasteiger partial charge in [-0.1, -0.05) is 0 Å². The lowest BCUT2D eigenvalue weighted by Gasteiger charge is -2.09. The number of benzene rings is 1. The van der Waals surface area contributed by atoms with Crippen LogP contribution in [-0.4, -0.2) is 20.1 Å². The van der Waals surface area contributed by atoms with E-state index in [2.05, 4.69) is 10.6 Å². The summed E-state index contributed by atoms with van der Waals surface area (Å²) in [4.78, 5) is 0. The Bertz CT molecular complexity index is 293. The average molecular weight is 218 g/mol. The molecule has 0 radical (unpaired) electrons. The van der Waals surface area contributed by atoms with Gasteiger partial charge in [0, 0.05) is 18.8 Å². The first-order chi connectivity index (χ1) is 7.04. The zero-order valence-corrected chi connectivity index (χ0v) is 8.36. The molecule has 0 aliphatic carbocycles. The quantitative estimate of drug-likeness (QED) is 0.758. The lowest BCUT2D eigenvalue weighted by Crippen LogP contribution is -2.17. The normalized spacial score (nSPS) is 11.5. The number of likely N-dealkylation sites (N-methyl/N-ethyl adjacent to an activating group) is 1. The van der Waals surface area contributed by atoms with Gasteiger partial charge in [-0.05, 0) is 31.3 Å². The molecular formula is C10H13F3N2. The van der Waals surface area contributed by atoms with E-state index in [9.17, 15) is 13.2 Å². The van der Waals surface area contributed by atoms with E-state index < -0.39 is 11.7 Å². The molecule has 0 aliphatic heterocycles. The van der Waals surface area contributed by atoms with Crippen LogP contribution in [0.2, 0.25) is 0 Å². The van der Waals surface area contributed by atoms with Crippen molar-refractivity contribution in [3.63, 3.8) is 0 Å². The highest BCUT2D eigenvalue weighted by Gasteiger charge is 2.29. The van der Waals surface area contributed by atoms with E-state index in [0.717, 1.165) is 18.7 Å². The van der Waals surface area contributed by atoms with Gasteiger partial charge >= 0.3 is 6.18 Å². The summed E-state index contributed by atoms with van der Waals surface area (Å²) < 4.78 is 36.6. The molecule has 0 fully saturated rings. The Morgan fingerprint density at radius 3 is 2.13 bits per heavy atom. The standard InChI is InChI=1S/C10H13F3N2/c1-14-6-7-15-9-4-2-8(3-5-9)10(11,12)13/h2-5,14-15H,6-7H2,1H3. The zero-order valence-electron chi connectivity index (χ0n) is 8.36. The van der Waals surface area contributed by atoms with Gasteiger partial charge in [0.05, 0.1) is 5.56 Å². The second-order valence-corrected chi connectivity index (χ2v) is 3.11. The van der Waals surface area contributed by atoms with Gasteiger partial charge in [-0.2, -0.15) is 13.2 Å². The highest BCUT2D eigenvalue weighted by molar-refractivity contribution is 5.45. The fourth-order valence-corrected chi connectivity index (χ4v) is 1.11. The predicted octanol–water partition coefficient (Wildman–Crippen LogP) is 2.34. The molecule has 0 heterocycles. The first kappa shape index (κ1) is 11.8. The lowest BCUT2D eigenvalue weighted by atomic mass is 10.2. The maximum absolute atomic E-state index is 12.2. The van der Waals surface area contributed by atoms with Crippen LogP contribution in [0.3, 0.4) is 0 Å². The summed E-state index contributed by atoms with van der Waals surface area (Å²) in [5.74, 6) is 0. The predicted molar refractivity (Wildman–Crippen MR) is 53.9 cm³/mol. The van der Waals surface area contributed by atoms with E-state index in [1.165, 1.54) is 12.1 Å². The highest BCUT2D eigenvalue weighted by atomic mass is 19.4. The minimum Gasteiger partial charge on any atom is -0.384 e. The van der Waals surface area contributed by atoms with Crippen molar-refractivity contribution >= 4 is 5.69 Å². The molecule has 0 spiro atoms. The number of alkyl halides is 3. The lowest BCUT2D eigenvalue weighted by molar-refractivity contribution is -0.137. The van der Waals surface area contributed by atoms with Gasteiger partial charge in [0.15, 0.2) is 0 Å². The molecule has 0 atom stereocenters. The molecule has 0 bridgehead atoms. The molecule has 15 heavy (non-hydrogen) atoms. The van der Waals surface area contributed by atoms with E-state index in [-0.39, 0.29) is 0 Å². The summed E-state index contributed by atoms with van der Waals surface area (Å²) in [6, 6.07) is 5.00. The summed E-state index contributed by atoms with van der Waals surface area (Å²) >= 11 is 0. The van der Waals surface area contributed by atoms with Crippen molar-refractivity contribution in [2.24, 2.45) is 0 Å². The van der Waals surface area contributed by atoms with Crippen LogP contribution >= 0.6 is 0 Å². The van der Waals surface area contributed by atoms with Gasteiger partial charge in [0.25, 0.3) is 0 Å². The summed E-state index contributed by atoms with van der Waals surface area (Å²) in [5.41, 5.74) is 0.0694. The van der Waals surface area contributed by atoms with E-state index in [0.29, 0.717) is 12.2 Å². The maximum atomic E-state index is 12.2. The number of anilines is 1. The molecule has 2 nitrogen and oxygen atoms in total. The fourth-order valence-electron chi connectivity index (χ4n) is 1.11. The molecule has 0 aliphatic rings. The van der Waals surface area contributed by atoms with Gasteiger partial charge in [0.1, 0.15) is 0 Å². The summed E-state index contributed by atoms with van der Waals surface area (Å²) in [7, 11) is 1.81. The van der Waals surface area contributed by atoms with Gasteiger partial charge in [-0.3, -0.25) is 0 Å². The third-order valence-corrected chi connectivity index (χ3v) is 1.92. The molecule has 0 saturated heterocycles. The molecular weight excluding hydrogens is 205 g/mol. The maximum Gasteiger partial charge on any atom is 0.416 e. The molecule has 5 heteroatoms. The van der Waals surface area contributed by atoms with Crippen molar-refractivity contribution in [1.82, 2.24) is 5.32 Å². The first-order valence-electron chi connectivity index (χ1n) is 4.60. The average Bonchev–Trinajstić information content (AvgIpc) is 2.18. The fraction of sp³-hybridized carbons (Fsp3) is 0.400. The van der Waals surface area contributed by atoms with Gasteiger partial charge < -0.3 is 10.6 Å². The highest BCUT2D eigenvalue weighted by Crippen LogP contribution is 2.29. The van der Waals surface area contributed by atoms with E-state index in [1.54, 1.807) is 0 Å². The number of hydrogen-bond acceptors (Lipinski definition) is 2. The number of rotatable bonds is 4. The van der Waals surface area contributed by atoms with Gasteiger partial charge in [-0.15, -0.1) is 0 Å². The Morgan fingerprint density at radius 1 is 1.07 bits per heavy atom. The third kappa shape index (κ3) is 3.79. The van der Waals surface area contributed by atoms with Crippen LogP contribution in [0.5, 0.6) is 0 Å². The van der Waals surface area contributed by atoms with Crippen LogP contribution in [0, 0.1) is 0 Å².